The van der Waals surface area contributed by atoms with E-state index in [0.29, 0.717) is 31.2 Å². The number of rotatable bonds is 4. The molecule has 0 spiro atoms. The second kappa shape index (κ2) is 4.99. The van der Waals surface area contributed by atoms with E-state index in [1.165, 1.54) is 0 Å². The lowest BCUT2D eigenvalue weighted by molar-refractivity contribution is -0.147. The molecule has 0 aliphatic carbocycles. The smallest absolute Gasteiger partial charge is 0.310 e. The predicted molar refractivity (Wildman–Crippen MR) is 73.2 cm³/mol. The van der Waals surface area contributed by atoms with Gasteiger partial charge in [0.1, 0.15) is 0 Å². The monoisotopic (exact) mass is 293 g/mol. The first kappa shape index (κ1) is 13.3. The van der Waals surface area contributed by atoms with Crippen molar-refractivity contribution in [3.8, 4) is 10.8 Å². The van der Waals surface area contributed by atoms with Gasteiger partial charge in [0.05, 0.1) is 16.8 Å². The van der Waals surface area contributed by atoms with Crippen LogP contribution < -0.4 is 0 Å². The molecule has 1 saturated heterocycles. The summed E-state index contributed by atoms with van der Waals surface area (Å²) in [5.74, 6) is 0.380. The van der Waals surface area contributed by atoms with Gasteiger partial charge < -0.3 is 9.63 Å². The van der Waals surface area contributed by atoms with E-state index in [4.69, 9.17) is 4.52 Å². The highest BCUT2D eigenvalue weighted by Crippen LogP contribution is 2.31. The molecule has 0 aromatic carbocycles. The molecule has 106 valence electrons. The summed E-state index contributed by atoms with van der Waals surface area (Å²) in [5, 5.41) is 15.1. The zero-order valence-electron chi connectivity index (χ0n) is 11.1. The van der Waals surface area contributed by atoms with Gasteiger partial charge in [-0.15, -0.1) is 11.3 Å². The molecule has 1 aliphatic heterocycles. The average Bonchev–Trinajstić information content (AvgIpc) is 3.10. The first-order valence-electron chi connectivity index (χ1n) is 6.39. The molecule has 0 amide bonds. The van der Waals surface area contributed by atoms with Gasteiger partial charge in [-0.25, -0.2) is 0 Å². The Morgan fingerprint density at radius 3 is 3.15 bits per heavy atom. The zero-order chi connectivity index (χ0) is 14.2. The van der Waals surface area contributed by atoms with Crippen LogP contribution in [-0.2, 0) is 11.3 Å². The summed E-state index contributed by atoms with van der Waals surface area (Å²) < 4.78 is 5.23. The van der Waals surface area contributed by atoms with Gasteiger partial charge in [0.25, 0.3) is 5.89 Å². The summed E-state index contributed by atoms with van der Waals surface area (Å²) >= 11 is 1.55. The number of hydrogen-bond donors (Lipinski definition) is 1. The van der Waals surface area contributed by atoms with Crippen molar-refractivity contribution < 1.29 is 14.4 Å². The first-order valence-corrected chi connectivity index (χ1v) is 7.27. The van der Waals surface area contributed by atoms with Gasteiger partial charge in [0.15, 0.2) is 5.82 Å². The molecule has 0 radical (unpaired) electrons. The Balaban J connectivity index is 1.66. The maximum absolute atomic E-state index is 11.2. The van der Waals surface area contributed by atoms with Crippen LogP contribution in [0.1, 0.15) is 19.2 Å². The molecule has 1 aliphatic rings. The van der Waals surface area contributed by atoms with E-state index in [-0.39, 0.29) is 0 Å². The molecule has 2 aromatic heterocycles. The lowest BCUT2D eigenvalue weighted by atomic mass is 9.90. The number of hydrogen-bond acceptors (Lipinski definition) is 6. The summed E-state index contributed by atoms with van der Waals surface area (Å²) in [5.41, 5.74) is -0.666. The third-order valence-electron chi connectivity index (χ3n) is 3.63. The summed E-state index contributed by atoms with van der Waals surface area (Å²) in [7, 11) is 0. The van der Waals surface area contributed by atoms with E-state index < -0.39 is 11.4 Å². The van der Waals surface area contributed by atoms with Crippen LogP contribution in [0, 0.1) is 5.41 Å². The van der Waals surface area contributed by atoms with Gasteiger partial charge in [-0.05, 0) is 31.3 Å². The molecular formula is C13H15N3O3S. The number of likely N-dealkylation sites (tertiary alicyclic amines) is 1. The van der Waals surface area contributed by atoms with Gasteiger partial charge in [0.2, 0.25) is 0 Å². The Morgan fingerprint density at radius 1 is 1.65 bits per heavy atom. The van der Waals surface area contributed by atoms with Crippen molar-refractivity contribution in [2.24, 2.45) is 5.41 Å². The number of thiophene rings is 1. The third-order valence-corrected chi connectivity index (χ3v) is 4.49. The van der Waals surface area contributed by atoms with E-state index in [1.807, 2.05) is 17.5 Å². The van der Waals surface area contributed by atoms with Gasteiger partial charge >= 0.3 is 5.97 Å². The SMILES string of the molecule is CC1(C(=O)O)CCN(Cc2noc(-c3cccs3)n2)C1. The van der Waals surface area contributed by atoms with Crippen LogP contribution in [0.15, 0.2) is 22.0 Å². The fourth-order valence-electron chi connectivity index (χ4n) is 2.38. The Labute approximate surface area is 120 Å². The molecule has 20 heavy (non-hydrogen) atoms. The lowest BCUT2D eigenvalue weighted by Crippen LogP contribution is -2.31. The van der Waals surface area contributed by atoms with Crippen molar-refractivity contribution in [2.75, 3.05) is 13.1 Å². The molecule has 0 saturated carbocycles. The van der Waals surface area contributed by atoms with Crippen molar-refractivity contribution in [3.05, 3.63) is 23.3 Å². The number of carboxylic acids is 1. The maximum Gasteiger partial charge on any atom is 0.310 e. The molecular weight excluding hydrogens is 278 g/mol. The first-order chi connectivity index (χ1) is 9.57. The van der Waals surface area contributed by atoms with Gasteiger partial charge in [-0.2, -0.15) is 4.98 Å². The summed E-state index contributed by atoms with van der Waals surface area (Å²) in [6.45, 7) is 3.57. The quantitative estimate of drug-likeness (QED) is 0.930. The van der Waals surface area contributed by atoms with Crippen LogP contribution in [-0.4, -0.2) is 39.2 Å². The van der Waals surface area contributed by atoms with Crippen molar-refractivity contribution in [1.82, 2.24) is 15.0 Å². The third kappa shape index (κ3) is 2.46. The molecule has 1 atom stereocenters. The van der Waals surface area contributed by atoms with E-state index in [2.05, 4.69) is 15.0 Å². The predicted octanol–water partition coefficient (Wildman–Crippen LogP) is 2.09. The van der Waals surface area contributed by atoms with Gasteiger partial charge in [0, 0.05) is 6.54 Å². The van der Waals surface area contributed by atoms with Crippen molar-refractivity contribution in [2.45, 2.75) is 19.9 Å². The van der Waals surface area contributed by atoms with Crippen molar-refractivity contribution >= 4 is 17.3 Å². The molecule has 7 heteroatoms. The van der Waals surface area contributed by atoms with Crippen molar-refractivity contribution in [3.63, 3.8) is 0 Å². The molecule has 1 fully saturated rings. The molecule has 3 heterocycles. The van der Waals surface area contributed by atoms with Crippen LogP contribution in [0.4, 0.5) is 0 Å². The molecule has 1 N–H and O–H groups in total. The highest BCUT2D eigenvalue weighted by molar-refractivity contribution is 7.13. The minimum atomic E-state index is -0.743. The summed E-state index contributed by atoms with van der Waals surface area (Å²) in [6.07, 6.45) is 0.651. The fraction of sp³-hybridized carbons (Fsp3) is 0.462. The van der Waals surface area contributed by atoms with Crippen LogP contribution in [0.3, 0.4) is 0 Å². The second-order valence-electron chi connectivity index (χ2n) is 5.32. The van der Waals surface area contributed by atoms with E-state index in [1.54, 1.807) is 18.3 Å². The maximum atomic E-state index is 11.2. The van der Waals surface area contributed by atoms with Crippen LogP contribution in [0.2, 0.25) is 0 Å². The second-order valence-corrected chi connectivity index (χ2v) is 6.27. The number of aromatic nitrogens is 2. The normalized spacial score (nSPS) is 23.2. The summed E-state index contributed by atoms with van der Waals surface area (Å²) in [4.78, 5) is 18.6. The molecule has 0 bridgehead atoms. The minimum Gasteiger partial charge on any atom is -0.481 e. The van der Waals surface area contributed by atoms with E-state index >= 15 is 0 Å². The molecule has 1 unspecified atom stereocenters. The van der Waals surface area contributed by atoms with Crippen molar-refractivity contribution in [1.29, 1.82) is 0 Å². The Kier molecular flexibility index (Phi) is 3.31. The number of carbonyl (C=O) groups is 1. The van der Waals surface area contributed by atoms with Crippen LogP contribution >= 0.6 is 11.3 Å². The Morgan fingerprint density at radius 2 is 2.50 bits per heavy atom. The standard InChI is InChI=1S/C13H15N3O3S/c1-13(12(17)18)4-5-16(8-13)7-10-14-11(19-15-10)9-3-2-6-20-9/h2-3,6H,4-5,7-8H2,1H3,(H,17,18). The number of carboxylic acid groups (broad SMARTS) is 1. The highest BCUT2D eigenvalue weighted by Gasteiger charge is 2.40. The van der Waals surface area contributed by atoms with Crippen LogP contribution in [0.5, 0.6) is 0 Å². The largest absolute Gasteiger partial charge is 0.481 e. The van der Waals surface area contributed by atoms with E-state index in [0.717, 1.165) is 11.4 Å². The highest BCUT2D eigenvalue weighted by atomic mass is 32.1. The molecule has 3 rings (SSSR count). The minimum absolute atomic E-state index is 0.519. The summed E-state index contributed by atoms with van der Waals surface area (Å²) in [6, 6.07) is 3.86. The van der Waals surface area contributed by atoms with Crippen LogP contribution in [0.25, 0.3) is 10.8 Å². The topological polar surface area (TPSA) is 79.5 Å². The van der Waals surface area contributed by atoms with Gasteiger partial charge in [-0.1, -0.05) is 11.2 Å². The lowest BCUT2D eigenvalue weighted by Gasteiger charge is -2.18. The number of aliphatic carboxylic acids is 1. The fourth-order valence-corrected chi connectivity index (χ4v) is 3.03. The zero-order valence-corrected chi connectivity index (χ0v) is 11.9. The Bertz CT molecular complexity index is 610. The van der Waals surface area contributed by atoms with E-state index in [9.17, 15) is 9.90 Å². The molecule has 2 aromatic rings. The Hall–Kier alpha value is -1.73. The van der Waals surface area contributed by atoms with Gasteiger partial charge in [-0.3, -0.25) is 9.69 Å². The molecule has 6 nitrogen and oxygen atoms in total. The number of nitrogens with zero attached hydrogens (tertiary/aromatic N) is 3. The average molecular weight is 293 g/mol.